The third-order valence-corrected chi connectivity index (χ3v) is 9.29. The molecule has 8 nitrogen and oxygen atoms in total. The zero-order valence-corrected chi connectivity index (χ0v) is 19.1. The van der Waals surface area contributed by atoms with Gasteiger partial charge in [0.05, 0.1) is 15.5 Å². The minimum absolute atomic E-state index is 0.158. The lowest BCUT2D eigenvalue weighted by atomic mass is 9.89. The fraction of sp³-hybridized carbons (Fsp3) is 0.455. The Balaban J connectivity index is 1.22. The summed E-state index contributed by atoms with van der Waals surface area (Å²) in [6.07, 6.45) is 5.83. The van der Waals surface area contributed by atoms with Crippen molar-refractivity contribution in [3.05, 3.63) is 40.3 Å². The van der Waals surface area contributed by atoms with E-state index < -0.39 is 16.0 Å². The van der Waals surface area contributed by atoms with Crippen molar-refractivity contribution in [2.75, 3.05) is 19.7 Å². The number of carbonyl (C=O) groups is 2. The van der Waals surface area contributed by atoms with Gasteiger partial charge in [-0.3, -0.25) is 4.79 Å². The molecule has 0 aromatic heterocycles. The first-order valence-corrected chi connectivity index (χ1v) is 13.1. The summed E-state index contributed by atoms with van der Waals surface area (Å²) >= 11 is 1.56. The van der Waals surface area contributed by atoms with Gasteiger partial charge in [-0.1, -0.05) is 11.8 Å². The van der Waals surface area contributed by atoms with Gasteiger partial charge in [0.25, 0.3) is 5.91 Å². The number of hydrogen-bond donors (Lipinski definition) is 0. The van der Waals surface area contributed by atoms with Crippen molar-refractivity contribution in [1.29, 1.82) is 0 Å². The normalized spacial score (nSPS) is 23.5. The number of fused-ring (bicyclic) bond motifs is 2. The lowest BCUT2D eigenvalue weighted by Gasteiger charge is -2.18. The third kappa shape index (κ3) is 3.95. The summed E-state index contributed by atoms with van der Waals surface area (Å²) in [6, 6.07) is 5.71. The van der Waals surface area contributed by atoms with Crippen molar-refractivity contribution in [2.45, 2.75) is 43.4 Å². The van der Waals surface area contributed by atoms with Crippen LogP contribution in [-0.4, -0.2) is 55.2 Å². The molecule has 3 heterocycles. The summed E-state index contributed by atoms with van der Waals surface area (Å²) < 4.78 is 32.0. The molecule has 5 rings (SSSR count). The van der Waals surface area contributed by atoms with Crippen LogP contribution in [-0.2, 0) is 19.6 Å². The molecular formula is C22H23N3O5S2. The van der Waals surface area contributed by atoms with E-state index in [1.807, 2.05) is 0 Å². The minimum atomic E-state index is -3.53. The number of rotatable bonds is 5. The number of sulfonamides is 1. The highest BCUT2D eigenvalue weighted by atomic mass is 32.2. The van der Waals surface area contributed by atoms with E-state index in [-0.39, 0.29) is 34.7 Å². The van der Waals surface area contributed by atoms with Crippen LogP contribution >= 0.6 is 11.8 Å². The topological polar surface area (TPSA) is 105 Å². The standard InChI is InChI=1S/C22H23N3O5S2/c26-20-19-16-5-1-2-6-17(16)31-21(19)24-18(23-20)13-30-22(27)14-7-9-15(10-8-14)32(28,29)25-11-3-4-12-25/h7-10,19H,1-6,11-13H2. The first-order valence-electron chi connectivity index (χ1n) is 10.8. The molecule has 0 radical (unpaired) electrons. The number of benzene rings is 1. The third-order valence-electron chi connectivity index (χ3n) is 6.13. The number of thioether (sulfide) groups is 1. The van der Waals surface area contributed by atoms with Gasteiger partial charge in [0.2, 0.25) is 10.0 Å². The summed E-state index contributed by atoms with van der Waals surface area (Å²) in [6.45, 7) is 0.833. The highest BCUT2D eigenvalue weighted by Crippen LogP contribution is 2.47. The molecule has 0 N–H and O–H groups in total. The number of hydrogen-bond acceptors (Lipinski definition) is 7. The summed E-state index contributed by atoms with van der Waals surface area (Å²) in [5.41, 5.74) is 1.39. The zero-order valence-electron chi connectivity index (χ0n) is 17.5. The predicted molar refractivity (Wildman–Crippen MR) is 121 cm³/mol. The molecule has 1 fully saturated rings. The molecule has 1 amide bonds. The van der Waals surface area contributed by atoms with E-state index in [2.05, 4.69) is 9.98 Å². The molecule has 1 atom stereocenters. The molecule has 1 unspecified atom stereocenters. The molecule has 1 saturated heterocycles. The first kappa shape index (κ1) is 21.5. The number of allylic oxidation sites excluding steroid dienone is 1. The Morgan fingerprint density at radius 2 is 1.78 bits per heavy atom. The SMILES string of the molecule is O=C(OCC1=NC(=O)C2C(=N1)SC1=C2CCCC1)c1ccc(S(=O)(=O)N2CCCC2)cc1. The zero-order chi connectivity index (χ0) is 22.3. The molecule has 0 saturated carbocycles. The number of amidine groups is 1. The molecule has 3 aliphatic heterocycles. The Kier molecular flexibility index (Phi) is 5.77. The van der Waals surface area contributed by atoms with Crippen molar-refractivity contribution in [2.24, 2.45) is 15.9 Å². The molecule has 168 valence electrons. The van der Waals surface area contributed by atoms with Crippen molar-refractivity contribution < 1.29 is 22.7 Å². The molecule has 32 heavy (non-hydrogen) atoms. The number of nitrogens with zero attached hydrogens (tertiary/aromatic N) is 3. The minimum Gasteiger partial charge on any atom is -0.454 e. The van der Waals surface area contributed by atoms with Crippen LogP contribution in [0.1, 0.15) is 48.9 Å². The number of esters is 1. The lowest BCUT2D eigenvalue weighted by Crippen LogP contribution is -2.28. The number of aliphatic imine (C=N–C) groups is 2. The van der Waals surface area contributed by atoms with Crippen LogP contribution in [0.3, 0.4) is 0 Å². The fourth-order valence-electron chi connectivity index (χ4n) is 4.46. The van der Waals surface area contributed by atoms with Gasteiger partial charge in [0.1, 0.15) is 5.92 Å². The van der Waals surface area contributed by atoms with Gasteiger partial charge in [0.15, 0.2) is 12.4 Å². The van der Waals surface area contributed by atoms with E-state index in [1.54, 1.807) is 11.8 Å². The average molecular weight is 474 g/mol. The van der Waals surface area contributed by atoms with Crippen LogP contribution in [0.4, 0.5) is 0 Å². The van der Waals surface area contributed by atoms with Crippen LogP contribution in [0.25, 0.3) is 0 Å². The molecule has 1 aromatic carbocycles. The Morgan fingerprint density at radius 1 is 1.06 bits per heavy atom. The first-order chi connectivity index (χ1) is 15.4. The van der Waals surface area contributed by atoms with E-state index in [4.69, 9.17) is 4.74 Å². The largest absolute Gasteiger partial charge is 0.454 e. The summed E-state index contributed by atoms with van der Waals surface area (Å²) in [5.74, 6) is -1.02. The van der Waals surface area contributed by atoms with Crippen molar-refractivity contribution in [3.8, 4) is 0 Å². The second-order valence-corrected chi connectivity index (χ2v) is 11.3. The van der Waals surface area contributed by atoms with Gasteiger partial charge < -0.3 is 4.74 Å². The number of ether oxygens (including phenoxy) is 1. The van der Waals surface area contributed by atoms with E-state index >= 15 is 0 Å². The molecule has 0 bridgehead atoms. The Labute approximate surface area is 190 Å². The van der Waals surface area contributed by atoms with E-state index in [0.29, 0.717) is 13.1 Å². The van der Waals surface area contributed by atoms with E-state index in [9.17, 15) is 18.0 Å². The quantitative estimate of drug-likeness (QED) is 0.608. The van der Waals surface area contributed by atoms with Crippen LogP contribution in [0, 0.1) is 5.92 Å². The lowest BCUT2D eigenvalue weighted by molar-refractivity contribution is -0.118. The van der Waals surface area contributed by atoms with Gasteiger partial charge in [-0.05, 0) is 73.3 Å². The Hall–Kier alpha value is -2.30. The second kappa shape index (κ2) is 8.57. The fourth-order valence-corrected chi connectivity index (χ4v) is 7.34. The highest BCUT2D eigenvalue weighted by molar-refractivity contribution is 8.17. The Morgan fingerprint density at radius 3 is 2.53 bits per heavy atom. The smallest absolute Gasteiger partial charge is 0.338 e. The van der Waals surface area contributed by atoms with Crippen LogP contribution < -0.4 is 0 Å². The second-order valence-electron chi connectivity index (χ2n) is 8.22. The molecule has 0 spiro atoms. The molecule has 4 aliphatic rings. The predicted octanol–water partition coefficient (Wildman–Crippen LogP) is 3.16. The van der Waals surface area contributed by atoms with Gasteiger partial charge in [0, 0.05) is 13.1 Å². The van der Waals surface area contributed by atoms with Crippen molar-refractivity contribution >= 4 is 44.5 Å². The number of amides is 1. The summed E-state index contributed by atoms with van der Waals surface area (Å²) in [5, 5.41) is 0.736. The molecule has 10 heteroatoms. The van der Waals surface area contributed by atoms with Gasteiger partial charge in [-0.2, -0.15) is 9.30 Å². The highest BCUT2D eigenvalue weighted by Gasteiger charge is 2.40. The van der Waals surface area contributed by atoms with Gasteiger partial charge in [-0.15, -0.1) is 0 Å². The maximum absolute atomic E-state index is 12.6. The molecule has 1 aromatic rings. The van der Waals surface area contributed by atoms with Crippen molar-refractivity contribution in [1.82, 2.24) is 4.31 Å². The van der Waals surface area contributed by atoms with Gasteiger partial charge >= 0.3 is 5.97 Å². The van der Waals surface area contributed by atoms with Crippen LogP contribution in [0.5, 0.6) is 0 Å². The maximum Gasteiger partial charge on any atom is 0.338 e. The van der Waals surface area contributed by atoms with Crippen LogP contribution in [0.2, 0.25) is 0 Å². The van der Waals surface area contributed by atoms with E-state index in [1.165, 1.54) is 33.5 Å². The van der Waals surface area contributed by atoms with Gasteiger partial charge in [-0.25, -0.2) is 18.2 Å². The Bertz CT molecular complexity index is 1160. The summed E-state index contributed by atoms with van der Waals surface area (Å²) in [7, 11) is -3.53. The number of carbonyl (C=O) groups excluding carboxylic acids is 2. The van der Waals surface area contributed by atoms with E-state index in [0.717, 1.165) is 49.1 Å². The monoisotopic (exact) mass is 473 g/mol. The molecular weight excluding hydrogens is 450 g/mol. The van der Waals surface area contributed by atoms with Crippen LogP contribution in [0.15, 0.2) is 49.6 Å². The average Bonchev–Trinajstić information content (AvgIpc) is 3.46. The molecule has 1 aliphatic carbocycles. The van der Waals surface area contributed by atoms with Crippen molar-refractivity contribution in [3.63, 3.8) is 0 Å². The summed E-state index contributed by atoms with van der Waals surface area (Å²) in [4.78, 5) is 34.9. The maximum atomic E-state index is 12.6.